The van der Waals surface area contributed by atoms with E-state index in [0.29, 0.717) is 5.56 Å². The zero-order valence-electron chi connectivity index (χ0n) is 10.9. The quantitative estimate of drug-likeness (QED) is 0.499. The first-order valence-corrected chi connectivity index (χ1v) is 5.93. The number of nitro groups is 1. The highest BCUT2D eigenvalue weighted by Gasteiger charge is 2.14. The summed E-state index contributed by atoms with van der Waals surface area (Å²) in [5, 5.41) is 13.2. The molecule has 0 bridgehead atoms. The molecule has 1 aromatic carbocycles. The molecule has 5 heteroatoms. The maximum Gasteiger partial charge on any atom is 0.269 e. The van der Waals surface area contributed by atoms with Gasteiger partial charge in [0, 0.05) is 12.1 Å². The molecule has 1 amide bonds. The third-order valence-electron chi connectivity index (χ3n) is 2.67. The first kappa shape index (κ1) is 14.7. The molecule has 1 unspecified atom stereocenters. The van der Waals surface area contributed by atoms with Gasteiger partial charge in [-0.2, -0.15) is 0 Å². The Kier molecular flexibility index (Phi) is 5.07. The predicted octanol–water partition coefficient (Wildman–Crippen LogP) is 1.91. The molecule has 1 rings (SSSR count). The van der Waals surface area contributed by atoms with Crippen LogP contribution in [0.15, 0.2) is 24.3 Å². The van der Waals surface area contributed by atoms with Crippen molar-refractivity contribution in [1.82, 2.24) is 5.32 Å². The van der Waals surface area contributed by atoms with Gasteiger partial charge in [0.1, 0.15) is 0 Å². The minimum absolute atomic E-state index is 0.00726. The van der Waals surface area contributed by atoms with Gasteiger partial charge in [-0.1, -0.05) is 31.9 Å². The Balaban J connectivity index is 2.62. The summed E-state index contributed by atoms with van der Waals surface area (Å²) in [4.78, 5) is 21.8. The topological polar surface area (TPSA) is 72.2 Å². The van der Waals surface area contributed by atoms with Crippen molar-refractivity contribution in [3.63, 3.8) is 0 Å². The number of hydrogen-bond acceptors (Lipinski definition) is 3. The minimum Gasteiger partial charge on any atom is -0.342 e. The molecule has 0 radical (unpaired) electrons. The van der Waals surface area contributed by atoms with E-state index >= 15 is 0 Å². The first-order chi connectivity index (χ1) is 8.93. The Labute approximate surface area is 112 Å². The highest BCUT2D eigenvalue weighted by Crippen LogP contribution is 2.12. The van der Waals surface area contributed by atoms with E-state index in [1.165, 1.54) is 12.1 Å². The van der Waals surface area contributed by atoms with Gasteiger partial charge in [-0.15, -0.1) is 6.42 Å². The minimum atomic E-state index is -0.475. The third-order valence-corrected chi connectivity index (χ3v) is 2.67. The molecule has 1 aromatic rings. The molecule has 1 atom stereocenters. The van der Waals surface area contributed by atoms with Crippen LogP contribution in [0.2, 0.25) is 0 Å². The van der Waals surface area contributed by atoms with Crippen molar-refractivity contribution in [2.45, 2.75) is 26.3 Å². The summed E-state index contributed by atoms with van der Waals surface area (Å²) < 4.78 is 0. The van der Waals surface area contributed by atoms with E-state index in [1.807, 2.05) is 13.8 Å². The number of carbonyl (C=O) groups is 1. The number of nitrogens with zero attached hydrogens (tertiary/aromatic N) is 1. The summed E-state index contributed by atoms with van der Waals surface area (Å²) in [6, 6.07) is 5.59. The van der Waals surface area contributed by atoms with Crippen molar-refractivity contribution in [1.29, 1.82) is 0 Å². The number of amides is 1. The van der Waals surface area contributed by atoms with Gasteiger partial charge in [0.25, 0.3) is 5.69 Å². The Morgan fingerprint density at radius 3 is 2.42 bits per heavy atom. The van der Waals surface area contributed by atoms with Crippen LogP contribution in [0.25, 0.3) is 0 Å². The van der Waals surface area contributed by atoms with Gasteiger partial charge < -0.3 is 5.32 Å². The van der Waals surface area contributed by atoms with E-state index in [2.05, 4.69) is 11.2 Å². The second-order valence-electron chi connectivity index (χ2n) is 4.56. The van der Waals surface area contributed by atoms with Crippen LogP contribution in [-0.4, -0.2) is 16.9 Å². The lowest BCUT2D eigenvalue weighted by molar-refractivity contribution is -0.384. The van der Waals surface area contributed by atoms with Crippen LogP contribution in [0, 0.1) is 28.4 Å². The first-order valence-electron chi connectivity index (χ1n) is 5.93. The highest BCUT2D eigenvalue weighted by molar-refractivity contribution is 5.79. The van der Waals surface area contributed by atoms with Gasteiger partial charge >= 0.3 is 0 Å². The molecule has 0 aromatic heterocycles. The Morgan fingerprint density at radius 1 is 1.42 bits per heavy atom. The van der Waals surface area contributed by atoms with Gasteiger partial charge in [0.05, 0.1) is 17.4 Å². The van der Waals surface area contributed by atoms with Gasteiger partial charge in [0.15, 0.2) is 0 Å². The SMILES string of the molecule is C#CC(NC(=O)Cc1ccc([N+](=O)[O-])cc1)C(C)C. The summed E-state index contributed by atoms with van der Waals surface area (Å²) in [6.07, 6.45) is 5.48. The van der Waals surface area contributed by atoms with E-state index in [0.717, 1.165) is 0 Å². The Morgan fingerprint density at radius 2 is 2.00 bits per heavy atom. The van der Waals surface area contributed by atoms with Gasteiger partial charge in [0.2, 0.25) is 5.91 Å². The molecule has 5 nitrogen and oxygen atoms in total. The molecule has 0 spiro atoms. The fraction of sp³-hybridized carbons (Fsp3) is 0.357. The second kappa shape index (κ2) is 6.55. The number of nitrogens with one attached hydrogen (secondary N) is 1. The third kappa shape index (κ3) is 4.43. The normalized spacial score (nSPS) is 11.7. The van der Waals surface area contributed by atoms with Crippen LogP contribution < -0.4 is 5.32 Å². The van der Waals surface area contributed by atoms with Crippen LogP contribution in [0.3, 0.4) is 0 Å². The van der Waals surface area contributed by atoms with Crippen molar-refractivity contribution < 1.29 is 9.72 Å². The van der Waals surface area contributed by atoms with Crippen molar-refractivity contribution in [2.24, 2.45) is 5.92 Å². The molecule has 0 saturated heterocycles. The van der Waals surface area contributed by atoms with E-state index in [1.54, 1.807) is 12.1 Å². The molecule has 0 aliphatic carbocycles. The van der Waals surface area contributed by atoms with Crippen LogP contribution in [0.5, 0.6) is 0 Å². The molecule has 0 fully saturated rings. The predicted molar refractivity (Wildman–Crippen MR) is 72.4 cm³/mol. The smallest absolute Gasteiger partial charge is 0.269 e. The summed E-state index contributed by atoms with van der Waals surface area (Å²) in [6.45, 7) is 3.85. The number of terminal acetylenes is 1. The number of carbonyl (C=O) groups excluding carboxylic acids is 1. The van der Waals surface area contributed by atoms with Gasteiger partial charge in [-0.05, 0) is 11.5 Å². The zero-order chi connectivity index (χ0) is 14.4. The fourth-order valence-electron chi connectivity index (χ4n) is 1.55. The van der Waals surface area contributed by atoms with Crippen molar-refractivity contribution in [3.8, 4) is 12.3 Å². The fourth-order valence-corrected chi connectivity index (χ4v) is 1.55. The van der Waals surface area contributed by atoms with E-state index in [9.17, 15) is 14.9 Å². The average molecular weight is 260 g/mol. The van der Waals surface area contributed by atoms with E-state index in [-0.39, 0.29) is 30.0 Å². The molecule has 0 aliphatic rings. The van der Waals surface area contributed by atoms with Crippen molar-refractivity contribution in [2.75, 3.05) is 0 Å². The van der Waals surface area contributed by atoms with Gasteiger partial charge in [-0.25, -0.2) is 0 Å². The summed E-state index contributed by atoms with van der Waals surface area (Å²) >= 11 is 0. The second-order valence-corrected chi connectivity index (χ2v) is 4.56. The van der Waals surface area contributed by atoms with Gasteiger partial charge in [-0.3, -0.25) is 14.9 Å². The van der Waals surface area contributed by atoms with Crippen LogP contribution in [0.1, 0.15) is 19.4 Å². The summed E-state index contributed by atoms with van der Waals surface area (Å²) in [5.41, 5.74) is 0.718. The van der Waals surface area contributed by atoms with E-state index < -0.39 is 4.92 Å². The molecule has 0 saturated carbocycles. The standard InChI is InChI=1S/C14H16N2O3/c1-4-13(10(2)3)15-14(17)9-11-5-7-12(8-6-11)16(18)19/h1,5-8,10,13H,9H2,2-3H3,(H,15,17). The number of non-ortho nitro benzene ring substituents is 1. The lowest BCUT2D eigenvalue weighted by Gasteiger charge is -2.16. The number of hydrogen-bond donors (Lipinski definition) is 1. The molecule has 0 heterocycles. The highest BCUT2D eigenvalue weighted by atomic mass is 16.6. The molecule has 0 aliphatic heterocycles. The maximum atomic E-state index is 11.8. The van der Waals surface area contributed by atoms with Crippen LogP contribution >= 0.6 is 0 Å². The van der Waals surface area contributed by atoms with Crippen molar-refractivity contribution in [3.05, 3.63) is 39.9 Å². The number of nitro benzene ring substituents is 1. The molecular weight excluding hydrogens is 244 g/mol. The summed E-state index contributed by atoms with van der Waals surface area (Å²) in [5.74, 6) is 2.49. The Hall–Kier alpha value is -2.35. The molecular formula is C14H16N2O3. The monoisotopic (exact) mass is 260 g/mol. The van der Waals surface area contributed by atoms with Crippen LogP contribution in [0.4, 0.5) is 5.69 Å². The largest absolute Gasteiger partial charge is 0.342 e. The lowest BCUT2D eigenvalue weighted by atomic mass is 10.0. The lowest BCUT2D eigenvalue weighted by Crippen LogP contribution is -2.38. The molecule has 100 valence electrons. The average Bonchev–Trinajstić information content (AvgIpc) is 2.36. The number of rotatable bonds is 5. The maximum absolute atomic E-state index is 11.8. The molecule has 1 N–H and O–H groups in total. The Bertz CT molecular complexity index is 500. The van der Waals surface area contributed by atoms with E-state index in [4.69, 9.17) is 6.42 Å². The van der Waals surface area contributed by atoms with Crippen molar-refractivity contribution >= 4 is 11.6 Å². The van der Waals surface area contributed by atoms with Crippen LogP contribution in [-0.2, 0) is 11.2 Å². The zero-order valence-corrected chi connectivity index (χ0v) is 10.9. The number of benzene rings is 1. The molecule has 19 heavy (non-hydrogen) atoms. The summed E-state index contributed by atoms with van der Waals surface area (Å²) in [7, 11) is 0.